The smallest absolute Gasteiger partial charge is 0.223 e. The number of anilines is 1. The minimum absolute atomic E-state index is 0.244. The van der Waals surface area contributed by atoms with Crippen LogP contribution in [-0.2, 0) is 4.79 Å². The van der Waals surface area contributed by atoms with E-state index in [2.05, 4.69) is 17.0 Å². The van der Waals surface area contributed by atoms with E-state index >= 15 is 0 Å². The van der Waals surface area contributed by atoms with Crippen LogP contribution in [0.1, 0.15) is 13.3 Å². The fourth-order valence-electron chi connectivity index (χ4n) is 1.87. The van der Waals surface area contributed by atoms with Crippen molar-refractivity contribution in [2.75, 3.05) is 24.7 Å². The van der Waals surface area contributed by atoms with Gasteiger partial charge in [0.05, 0.1) is 6.67 Å². The summed E-state index contributed by atoms with van der Waals surface area (Å²) in [5, 5.41) is 0. The fourth-order valence-corrected chi connectivity index (χ4v) is 1.87. The molecule has 0 bridgehead atoms. The second-order valence-corrected chi connectivity index (χ2v) is 3.75. The molecule has 1 fully saturated rings. The second-order valence-electron chi connectivity index (χ2n) is 3.75. The van der Waals surface area contributed by atoms with Crippen molar-refractivity contribution in [3.63, 3.8) is 0 Å². The van der Waals surface area contributed by atoms with Gasteiger partial charge in [-0.3, -0.25) is 4.79 Å². The lowest BCUT2D eigenvalue weighted by Crippen LogP contribution is -2.30. The normalized spacial score (nSPS) is 15.8. The van der Waals surface area contributed by atoms with Gasteiger partial charge in [-0.2, -0.15) is 0 Å². The van der Waals surface area contributed by atoms with Crippen molar-refractivity contribution in [1.82, 2.24) is 4.90 Å². The Balaban J connectivity index is 2.02. The number of rotatable bonds is 2. The Kier molecular flexibility index (Phi) is 2.90. The van der Waals surface area contributed by atoms with Gasteiger partial charge in [0.15, 0.2) is 0 Å². The summed E-state index contributed by atoms with van der Waals surface area (Å²) < 4.78 is 0. The second kappa shape index (κ2) is 4.34. The summed E-state index contributed by atoms with van der Waals surface area (Å²) in [5.74, 6) is 0.244. The van der Waals surface area contributed by atoms with Gasteiger partial charge in [0, 0.05) is 25.2 Å². The van der Waals surface area contributed by atoms with Crippen LogP contribution in [-0.4, -0.2) is 30.6 Å². The first-order chi connectivity index (χ1) is 7.31. The molecule has 0 radical (unpaired) electrons. The van der Waals surface area contributed by atoms with Gasteiger partial charge < -0.3 is 9.80 Å². The van der Waals surface area contributed by atoms with Crippen molar-refractivity contribution in [2.24, 2.45) is 0 Å². The van der Waals surface area contributed by atoms with Crippen molar-refractivity contribution in [3.05, 3.63) is 30.3 Å². The predicted octanol–water partition coefficient (Wildman–Crippen LogP) is 1.70. The Labute approximate surface area is 90.3 Å². The summed E-state index contributed by atoms with van der Waals surface area (Å²) in [6.07, 6.45) is 0.600. The van der Waals surface area contributed by atoms with Crippen molar-refractivity contribution < 1.29 is 4.79 Å². The minimum Gasteiger partial charge on any atom is -0.352 e. The molecule has 15 heavy (non-hydrogen) atoms. The van der Waals surface area contributed by atoms with E-state index in [1.54, 1.807) is 0 Å². The number of para-hydroxylation sites is 1. The molecule has 0 saturated carbocycles. The number of benzene rings is 1. The Morgan fingerprint density at radius 1 is 1.27 bits per heavy atom. The fraction of sp³-hybridized carbons (Fsp3) is 0.417. The average molecular weight is 204 g/mol. The molecule has 0 aromatic heterocycles. The average Bonchev–Trinajstić information content (AvgIpc) is 2.78. The molecular formula is C12H16N2O. The van der Waals surface area contributed by atoms with Gasteiger partial charge in [0.25, 0.3) is 0 Å². The first-order valence-corrected chi connectivity index (χ1v) is 5.39. The minimum atomic E-state index is 0.244. The van der Waals surface area contributed by atoms with Crippen molar-refractivity contribution >= 4 is 11.6 Å². The Bertz CT molecular complexity index is 337. The molecule has 3 nitrogen and oxygen atoms in total. The van der Waals surface area contributed by atoms with E-state index in [0.29, 0.717) is 6.42 Å². The van der Waals surface area contributed by atoms with Crippen molar-refractivity contribution in [1.29, 1.82) is 0 Å². The molecule has 3 heteroatoms. The molecule has 1 aliphatic heterocycles. The maximum Gasteiger partial charge on any atom is 0.223 e. The van der Waals surface area contributed by atoms with Gasteiger partial charge >= 0.3 is 0 Å². The number of carbonyl (C=O) groups excluding carboxylic acids is 1. The molecule has 0 spiro atoms. The highest BCUT2D eigenvalue weighted by atomic mass is 16.2. The molecule has 1 heterocycles. The maximum atomic E-state index is 11.5. The van der Waals surface area contributed by atoms with Gasteiger partial charge in [-0.1, -0.05) is 25.1 Å². The Hall–Kier alpha value is -1.51. The van der Waals surface area contributed by atoms with E-state index in [4.69, 9.17) is 0 Å². The topological polar surface area (TPSA) is 23.6 Å². The van der Waals surface area contributed by atoms with Crippen LogP contribution in [0.15, 0.2) is 30.3 Å². The molecule has 80 valence electrons. The largest absolute Gasteiger partial charge is 0.352 e. The highest BCUT2D eigenvalue weighted by molar-refractivity contribution is 5.76. The molecule has 0 atom stereocenters. The van der Waals surface area contributed by atoms with Gasteiger partial charge in [0.2, 0.25) is 5.91 Å². The summed E-state index contributed by atoms with van der Waals surface area (Å²) in [6, 6.07) is 10.2. The van der Waals surface area contributed by atoms with E-state index in [9.17, 15) is 4.79 Å². The van der Waals surface area contributed by atoms with Crippen LogP contribution in [0.4, 0.5) is 5.69 Å². The van der Waals surface area contributed by atoms with Gasteiger partial charge in [-0.25, -0.2) is 0 Å². The number of nitrogens with zero attached hydrogens (tertiary/aromatic N) is 2. The Morgan fingerprint density at radius 2 is 2.00 bits per heavy atom. The third kappa shape index (κ3) is 2.12. The highest BCUT2D eigenvalue weighted by Gasteiger charge is 2.22. The van der Waals surface area contributed by atoms with E-state index < -0.39 is 0 Å². The Morgan fingerprint density at radius 3 is 2.67 bits per heavy atom. The van der Waals surface area contributed by atoms with E-state index in [1.807, 2.05) is 30.0 Å². The van der Waals surface area contributed by atoms with Crippen LogP contribution >= 0.6 is 0 Å². The molecular weight excluding hydrogens is 188 g/mol. The summed E-state index contributed by atoms with van der Waals surface area (Å²) in [7, 11) is 0. The lowest BCUT2D eigenvalue weighted by molar-refractivity contribution is -0.129. The molecule has 2 rings (SSSR count). The van der Waals surface area contributed by atoms with Gasteiger partial charge in [-0.15, -0.1) is 0 Å². The standard InChI is InChI=1S/C12H16N2O/c1-2-12(15)14-9-8-13(10-14)11-6-4-3-5-7-11/h3-7H,2,8-10H2,1H3. The zero-order valence-electron chi connectivity index (χ0n) is 9.02. The summed E-state index contributed by atoms with van der Waals surface area (Å²) in [5.41, 5.74) is 1.20. The molecule has 0 aliphatic carbocycles. The maximum absolute atomic E-state index is 11.5. The van der Waals surface area contributed by atoms with Crippen molar-refractivity contribution in [3.8, 4) is 0 Å². The molecule has 0 unspecified atom stereocenters. The lowest BCUT2D eigenvalue weighted by Gasteiger charge is -2.19. The summed E-state index contributed by atoms with van der Waals surface area (Å²) >= 11 is 0. The predicted molar refractivity (Wildman–Crippen MR) is 60.7 cm³/mol. The van der Waals surface area contributed by atoms with E-state index in [1.165, 1.54) is 5.69 Å². The highest BCUT2D eigenvalue weighted by Crippen LogP contribution is 2.17. The number of hydrogen-bond acceptors (Lipinski definition) is 2. The molecule has 1 saturated heterocycles. The third-order valence-electron chi connectivity index (χ3n) is 2.76. The number of carbonyl (C=O) groups is 1. The molecule has 1 aromatic rings. The summed E-state index contributed by atoms with van der Waals surface area (Å²) in [4.78, 5) is 15.6. The van der Waals surface area contributed by atoms with Crippen LogP contribution in [0.5, 0.6) is 0 Å². The number of amides is 1. The molecule has 1 aromatic carbocycles. The molecule has 0 N–H and O–H groups in total. The first-order valence-electron chi connectivity index (χ1n) is 5.39. The first kappa shape index (κ1) is 10.0. The zero-order chi connectivity index (χ0) is 10.7. The molecule has 1 aliphatic rings. The third-order valence-corrected chi connectivity index (χ3v) is 2.76. The van der Waals surface area contributed by atoms with E-state index in [-0.39, 0.29) is 5.91 Å². The number of hydrogen-bond donors (Lipinski definition) is 0. The van der Waals surface area contributed by atoms with Crippen LogP contribution in [0.3, 0.4) is 0 Å². The van der Waals surface area contributed by atoms with Crippen LogP contribution < -0.4 is 4.90 Å². The zero-order valence-corrected chi connectivity index (χ0v) is 9.02. The van der Waals surface area contributed by atoms with Crippen LogP contribution in [0.25, 0.3) is 0 Å². The lowest BCUT2D eigenvalue weighted by atomic mass is 10.3. The van der Waals surface area contributed by atoms with Crippen LogP contribution in [0.2, 0.25) is 0 Å². The van der Waals surface area contributed by atoms with Gasteiger partial charge in [-0.05, 0) is 12.1 Å². The molecule has 1 amide bonds. The van der Waals surface area contributed by atoms with E-state index in [0.717, 1.165) is 19.8 Å². The van der Waals surface area contributed by atoms with Crippen molar-refractivity contribution in [2.45, 2.75) is 13.3 Å². The van der Waals surface area contributed by atoms with Gasteiger partial charge in [0.1, 0.15) is 0 Å². The SMILES string of the molecule is CCC(=O)N1CCN(c2ccccc2)C1. The summed E-state index contributed by atoms with van der Waals surface area (Å²) in [6.45, 7) is 4.43. The monoisotopic (exact) mass is 204 g/mol. The quantitative estimate of drug-likeness (QED) is 0.732. The van der Waals surface area contributed by atoms with Crippen LogP contribution in [0, 0.1) is 0 Å².